The Morgan fingerprint density at radius 3 is 2.27 bits per heavy atom. The summed E-state index contributed by atoms with van der Waals surface area (Å²) in [5, 5.41) is 32.8. The van der Waals surface area contributed by atoms with Crippen LogP contribution in [0.2, 0.25) is 0 Å². The van der Waals surface area contributed by atoms with E-state index in [2.05, 4.69) is 46.8 Å². The molecule has 2 fully saturated rings. The minimum Gasteiger partial charge on any atom is -0.483 e. The lowest BCUT2D eigenvalue weighted by Gasteiger charge is -2.29. The smallest absolute Gasteiger partial charge is 0.407 e. The summed E-state index contributed by atoms with van der Waals surface area (Å²) in [5.41, 5.74) is 3.98. The molecule has 17 nitrogen and oxygen atoms in total. The summed E-state index contributed by atoms with van der Waals surface area (Å²) in [4.78, 5) is 63.3. The van der Waals surface area contributed by atoms with Crippen LogP contribution in [0.15, 0.2) is 72.8 Å². The molecule has 4 aromatic rings. The Morgan fingerprint density at radius 2 is 1.62 bits per heavy atom. The van der Waals surface area contributed by atoms with Crippen molar-refractivity contribution in [3.05, 3.63) is 83.9 Å². The van der Waals surface area contributed by atoms with Gasteiger partial charge in [0, 0.05) is 61.9 Å². The van der Waals surface area contributed by atoms with E-state index in [-0.39, 0.29) is 42.5 Å². The van der Waals surface area contributed by atoms with Crippen LogP contribution in [-0.4, -0.2) is 118 Å². The minimum atomic E-state index is -0.851. The summed E-state index contributed by atoms with van der Waals surface area (Å²) >= 11 is 0. The second-order valence-electron chi connectivity index (χ2n) is 15.8. The van der Waals surface area contributed by atoms with Crippen LogP contribution in [0, 0.1) is 11.8 Å². The normalized spacial score (nSPS) is 17.2. The lowest BCUT2D eigenvalue weighted by molar-refractivity contribution is -0.130. The molecular weight excluding hydrogens is 771 g/mol. The molecule has 1 aromatic heterocycles. The third kappa shape index (κ3) is 14.3. The molecule has 1 saturated carbocycles. The van der Waals surface area contributed by atoms with E-state index in [0.29, 0.717) is 43.0 Å². The lowest BCUT2D eigenvalue weighted by atomic mass is 9.81. The number of aromatic amines is 1. The summed E-state index contributed by atoms with van der Waals surface area (Å²) in [5.74, 6) is -0.211. The van der Waals surface area contributed by atoms with Gasteiger partial charge in [0.25, 0.3) is 12.4 Å². The number of carbonyl (C=O) groups is 5. The summed E-state index contributed by atoms with van der Waals surface area (Å²) in [6, 6.07) is 21.6. The third-order valence-electron chi connectivity index (χ3n) is 10.2. The van der Waals surface area contributed by atoms with E-state index in [1.165, 1.54) is 0 Å². The maximum atomic E-state index is 13.8. The standard InChI is InChI=1S/C42H53N9O6.CH2O2/c1-42(2,3)57-41(55)44-27-29-9-13-32(14-10-29)39(53)46-36(40(54)45-35-17-15-31(16-18-35)37-47-49-50-48-37)25-28-7-11-30(12-8-28)33-5-4-6-34(26-33)38(52)43-19-20-51-21-23-56-24-22-51;2-1-3/h4-8,11-12,15-18,26,29,32,36H,9-10,13-14,19-25,27H2,1-3H3,(H,43,52)(H,44,55)(H,45,54)(H,46,53)(H,47,48,49,50);1H,(H,2,3)/t29?,32?,36-;/m0./s1. The summed E-state index contributed by atoms with van der Waals surface area (Å²) in [6.07, 6.45) is 2.67. The van der Waals surface area contributed by atoms with Crippen LogP contribution >= 0.6 is 0 Å². The number of alkyl carbamates (subject to hydrolysis) is 1. The first kappa shape index (κ1) is 44.9. The van der Waals surface area contributed by atoms with E-state index in [0.717, 1.165) is 67.9 Å². The number of H-pyrrole nitrogens is 1. The first-order chi connectivity index (χ1) is 28.9. The zero-order valence-corrected chi connectivity index (χ0v) is 34.3. The number of hydrogen-bond acceptors (Lipinski definition) is 11. The molecule has 320 valence electrons. The van der Waals surface area contributed by atoms with Crippen LogP contribution < -0.4 is 21.3 Å². The van der Waals surface area contributed by atoms with Gasteiger partial charge < -0.3 is 35.8 Å². The van der Waals surface area contributed by atoms with Crippen molar-refractivity contribution in [1.82, 2.24) is 41.5 Å². The van der Waals surface area contributed by atoms with Gasteiger partial charge in [0.1, 0.15) is 11.6 Å². The van der Waals surface area contributed by atoms with Gasteiger partial charge in [-0.15, -0.1) is 10.2 Å². The number of carbonyl (C=O) groups excluding carboxylic acids is 4. The van der Waals surface area contributed by atoms with Crippen LogP contribution in [0.1, 0.15) is 62.4 Å². The van der Waals surface area contributed by atoms with Gasteiger partial charge in [-0.1, -0.05) is 36.4 Å². The average Bonchev–Trinajstić information content (AvgIpc) is 3.79. The number of nitrogens with one attached hydrogen (secondary N) is 5. The zero-order valence-electron chi connectivity index (χ0n) is 34.3. The van der Waals surface area contributed by atoms with Crippen LogP contribution in [0.4, 0.5) is 10.5 Å². The van der Waals surface area contributed by atoms with Crippen LogP contribution in [0.3, 0.4) is 0 Å². The highest BCUT2D eigenvalue weighted by Crippen LogP contribution is 2.29. The average molecular weight is 826 g/mol. The Bertz CT molecular complexity index is 1990. The predicted molar refractivity (Wildman–Crippen MR) is 224 cm³/mol. The highest BCUT2D eigenvalue weighted by molar-refractivity contribution is 5.98. The predicted octanol–water partition coefficient (Wildman–Crippen LogP) is 4.29. The fourth-order valence-corrected chi connectivity index (χ4v) is 7.05. The SMILES string of the molecule is CC(C)(C)OC(=O)NCC1CCC(C(=O)N[C@@H](Cc2ccc(-c3cccc(C(=O)NCCN4CCOCC4)c3)cc2)C(=O)Nc2ccc(-c3nn[nH]n3)cc2)CC1.O=CO. The lowest BCUT2D eigenvalue weighted by Crippen LogP contribution is -2.48. The Morgan fingerprint density at radius 1 is 0.933 bits per heavy atom. The molecule has 3 aromatic carbocycles. The molecule has 60 heavy (non-hydrogen) atoms. The van der Waals surface area contributed by atoms with Crippen LogP contribution in [0.5, 0.6) is 0 Å². The van der Waals surface area contributed by atoms with Gasteiger partial charge in [0.05, 0.1) is 13.2 Å². The fourth-order valence-electron chi connectivity index (χ4n) is 7.05. The van der Waals surface area contributed by atoms with Crippen LogP contribution in [-0.2, 0) is 30.3 Å². The van der Waals surface area contributed by atoms with E-state index in [1.54, 1.807) is 30.3 Å². The molecule has 0 spiro atoms. The van der Waals surface area contributed by atoms with Crippen molar-refractivity contribution in [2.45, 2.75) is 64.5 Å². The van der Waals surface area contributed by atoms with E-state index >= 15 is 0 Å². The number of morpholine rings is 1. The third-order valence-corrected chi connectivity index (χ3v) is 10.2. The Hall–Kier alpha value is -6.20. The molecule has 1 aliphatic carbocycles. The summed E-state index contributed by atoms with van der Waals surface area (Å²) < 4.78 is 10.8. The van der Waals surface area contributed by atoms with E-state index in [1.807, 2.05) is 63.2 Å². The quantitative estimate of drug-likeness (QED) is 0.0979. The number of ether oxygens (including phenoxy) is 2. The van der Waals surface area contributed by atoms with Gasteiger partial charge in [-0.3, -0.25) is 24.1 Å². The van der Waals surface area contributed by atoms with Crippen molar-refractivity contribution in [2.75, 3.05) is 51.3 Å². The Kier molecular flexibility index (Phi) is 16.6. The number of carboxylic acid groups (broad SMARTS) is 1. The highest BCUT2D eigenvalue weighted by Gasteiger charge is 2.30. The second-order valence-corrected chi connectivity index (χ2v) is 15.8. The molecule has 6 N–H and O–H groups in total. The van der Waals surface area contributed by atoms with Gasteiger partial charge in [-0.05, 0) is 111 Å². The van der Waals surface area contributed by atoms with Gasteiger partial charge >= 0.3 is 6.09 Å². The molecule has 17 heteroatoms. The molecule has 1 saturated heterocycles. The largest absolute Gasteiger partial charge is 0.483 e. The molecule has 0 unspecified atom stereocenters. The maximum Gasteiger partial charge on any atom is 0.407 e. The minimum absolute atomic E-state index is 0.123. The fraction of sp³-hybridized carbons (Fsp3) is 0.442. The van der Waals surface area contributed by atoms with Crippen molar-refractivity contribution >= 4 is 36.0 Å². The molecule has 1 atom stereocenters. The molecule has 2 aliphatic rings. The highest BCUT2D eigenvalue weighted by atomic mass is 16.6. The van der Waals surface area contributed by atoms with Crippen molar-refractivity contribution in [1.29, 1.82) is 0 Å². The van der Waals surface area contributed by atoms with Gasteiger partial charge in [-0.25, -0.2) is 4.79 Å². The van der Waals surface area contributed by atoms with E-state index in [9.17, 15) is 19.2 Å². The zero-order chi connectivity index (χ0) is 42.9. The summed E-state index contributed by atoms with van der Waals surface area (Å²) in [6.45, 7) is 10.2. The number of hydrogen-bond donors (Lipinski definition) is 6. The number of benzene rings is 3. The number of nitrogens with zero attached hydrogens (tertiary/aromatic N) is 4. The number of tetrazole rings is 1. The Labute approximate surface area is 349 Å². The van der Waals surface area contributed by atoms with Gasteiger partial charge in [-0.2, -0.15) is 5.21 Å². The summed E-state index contributed by atoms with van der Waals surface area (Å²) in [7, 11) is 0. The van der Waals surface area contributed by atoms with Crippen molar-refractivity contribution in [2.24, 2.45) is 11.8 Å². The second kappa shape index (κ2) is 22.2. The molecule has 2 heterocycles. The van der Waals surface area contributed by atoms with Crippen molar-refractivity contribution < 1.29 is 38.6 Å². The molecule has 4 amide bonds. The van der Waals surface area contributed by atoms with E-state index in [4.69, 9.17) is 19.4 Å². The van der Waals surface area contributed by atoms with Crippen molar-refractivity contribution in [3.63, 3.8) is 0 Å². The number of anilines is 1. The van der Waals surface area contributed by atoms with E-state index < -0.39 is 17.7 Å². The maximum absolute atomic E-state index is 13.8. The van der Waals surface area contributed by atoms with Crippen LogP contribution in [0.25, 0.3) is 22.5 Å². The van der Waals surface area contributed by atoms with Gasteiger partial charge in [0.15, 0.2) is 0 Å². The number of amides is 4. The Balaban J connectivity index is 0.00000221. The molecule has 1 aliphatic heterocycles. The van der Waals surface area contributed by atoms with Crippen molar-refractivity contribution in [3.8, 4) is 22.5 Å². The molecule has 0 bridgehead atoms. The number of rotatable bonds is 14. The number of aromatic nitrogens is 4. The van der Waals surface area contributed by atoms with Gasteiger partial charge in [0.2, 0.25) is 17.6 Å². The first-order valence-electron chi connectivity index (χ1n) is 20.2. The topological polar surface area (TPSA) is 230 Å². The molecule has 6 rings (SSSR count). The molecule has 0 radical (unpaired) electrons. The molecular formula is C43H55N9O8. The monoisotopic (exact) mass is 825 g/mol. The first-order valence-corrected chi connectivity index (χ1v) is 20.2.